The number of nitrogens with zero attached hydrogens (tertiary/aromatic N) is 1. The maximum atomic E-state index is 12.1. The zero-order valence-corrected chi connectivity index (χ0v) is 11.9. The molecule has 3 N–H and O–H groups in total. The number of urea groups is 1. The first-order valence-electron chi connectivity index (χ1n) is 6.22. The number of amides is 4. The molecule has 1 fully saturated rings. The van der Waals surface area contributed by atoms with Gasteiger partial charge < -0.3 is 15.3 Å². The average molecular weight is 285 g/mol. The summed E-state index contributed by atoms with van der Waals surface area (Å²) in [5.41, 5.74) is -1.22. The summed E-state index contributed by atoms with van der Waals surface area (Å²) in [7, 11) is 0. The number of rotatable bonds is 3. The summed E-state index contributed by atoms with van der Waals surface area (Å²) in [6.45, 7) is 5.98. The maximum absolute atomic E-state index is 12.1. The van der Waals surface area contributed by atoms with E-state index in [0.717, 1.165) is 4.90 Å². The predicted molar refractivity (Wildman–Crippen MR) is 68.7 cm³/mol. The summed E-state index contributed by atoms with van der Waals surface area (Å²) in [5.74, 6) is -2.69. The summed E-state index contributed by atoms with van der Waals surface area (Å²) in [4.78, 5) is 47.3. The Kier molecular flexibility index (Phi) is 4.36. The second-order valence-corrected chi connectivity index (χ2v) is 5.53. The molecule has 1 aliphatic rings. The molecular formula is C12H19N3O5. The van der Waals surface area contributed by atoms with Crippen molar-refractivity contribution in [3.05, 3.63) is 0 Å². The van der Waals surface area contributed by atoms with Crippen molar-refractivity contribution in [2.75, 3.05) is 6.54 Å². The Morgan fingerprint density at radius 3 is 2.35 bits per heavy atom. The van der Waals surface area contributed by atoms with Crippen molar-refractivity contribution in [1.82, 2.24) is 15.5 Å². The molecule has 4 amide bonds. The molecule has 0 aliphatic carbocycles. The minimum atomic E-state index is -1.22. The highest BCUT2D eigenvalue weighted by Gasteiger charge is 2.44. The monoisotopic (exact) mass is 285 g/mol. The number of carboxylic acids is 1. The molecule has 0 unspecified atom stereocenters. The number of hydrogen-bond acceptors (Lipinski definition) is 4. The maximum Gasteiger partial charge on any atom is 0.326 e. The molecule has 20 heavy (non-hydrogen) atoms. The van der Waals surface area contributed by atoms with Gasteiger partial charge in [0.15, 0.2) is 0 Å². The zero-order valence-electron chi connectivity index (χ0n) is 11.9. The van der Waals surface area contributed by atoms with Gasteiger partial charge in [-0.3, -0.25) is 14.9 Å². The summed E-state index contributed by atoms with van der Waals surface area (Å²) in [5, 5.41) is 13.5. The number of carbonyl (C=O) groups is 4. The number of imide groups is 1. The van der Waals surface area contributed by atoms with Crippen molar-refractivity contribution < 1.29 is 24.3 Å². The number of piperazine rings is 1. The Morgan fingerprint density at radius 2 is 1.90 bits per heavy atom. The number of carbonyl (C=O) groups excluding carboxylic acids is 3. The molecule has 0 radical (unpaired) electrons. The Labute approximate surface area is 116 Å². The normalized spacial score (nSPS) is 19.6. The minimum absolute atomic E-state index is 0.297. The number of hydrogen-bond donors (Lipinski definition) is 3. The molecule has 1 aliphatic heterocycles. The van der Waals surface area contributed by atoms with Crippen LogP contribution in [0.1, 0.15) is 27.7 Å². The minimum Gasteiger partial charge on any atom is -0.480 e. The summed E-state index contributed by atoms with van der Waals surface area (Å²) in [6.07, 6.45) is 0. The second kappa shape index (κ2) is 5.48. The van der Waals surface area contributed by atoms with Crippen LogP contribution in [0.25, 0.3) is 0 Å². The van der Waals surface area contributed by atoms with Crippen LogP contribution in [-0.2, 0) is 14.4 Å². The molecule has 0 aromatic carbocycles. The summed E-state index contributed by atoms with van der Waals surface area (Å²) in [6, 6.07) is -1.84. The van der Waals surface area contributed by atoms with Gasteiger partial charge in [0.05, 0.1) is 0 Å². The third-order valence-electron chi connectivity index (χ3n) is 3.24. The van der Waals surface area contributed by atoms with Crippen molar-refractivity contribution in [2.24, 2.45) is 5.92 Å². The van der Waals surface area contributed by atoms with Crippen LogP contribution in [0.2, 0.25) is 0 Å². The van der Waals surface area contributed by atoms with Crippen LogP contribution in [0, 0.1) is 5.92 Å². The highest BCUT2D eigenvalue weighted by atomic mass is 16.4. The van der Waals surface area contributed by atoms with E-state index in [1.807, 2.05) is 0 Å². The van der Waals surface area contributed by atoms with Gasteiger partial charge in [0.25, 0.3) is 5.91 Å². The van der Waals surface area contributed by atoms with Crippen molar-refractivity contribution in [2.45, 2.75) is 39.3 Å². The molecule has 1 atom stereocenters. The first-order valence-corrected chi connectivity index (χ1v) is 6.22. The first kappa shape index (κ1) is 15.9. The van der Waals surface area contributed by atoms with E-state index >= 15 is 0 Å². The predicted octanol–water partition coefficient (Wildman–Crippen LogP) is -0.458. The lowest BCUT2D eigenvalue weighted by molar-refractivity contribution is -0.142. The van der Waals surface area contributed by atoms with Gasteiger partial charge in [-0.15, -0.1) is 0 Å². The van der Waals surface area contributed by atoms with Crippen molar-refractivity contribution in [3.63, 3.8) is 0 Å². The number of nitrogens with one attached hydrogen (secondary N) is 2. The molecule has 1 heterocycles. The van der Waals surface area contributed by atoms with E-state index in [2.05, 4.69) is 10.6 Å². The fourth-order valence-electron chi connectivity index (χ4n) is 1.83. The fraction of sp³-hybridized carbons (Fsp3) is 0.667. The highest BCUT2D eigenvalue weighted by molar-refractivity contribution is 6.06. The van der Waals surface area contributed by atoms with E-state index in [1.165, 1.54) is 13.8 Å². The van der Waals surface area contributed by atoms with Gasteiger partial charge in [0.2, 0.25) is 5.91 Å². The van der Waals surface area contributed by atoms with Crippen LogP contribution in [0.3, 0.4) is 0 Å². The van der Waals surface area contributed by atoms with E-state index in [1.54, 1.807) is 13.8 Å². The lowest BCUT2D eigenvalue weighted by Crippen LogP contribution is -2.68. The van der Waals surface area contributed by atoms with E-state index < -0.39 is 35.4 Å². The molecular weight excluding hydrogens is 266 g/mol. The van der Waals surface area contributed by atoms with Gasteiger partial charge in [-0.1, -0.05) is 13.8 Å². The van der Waals surface area contributed by atoms with Crippen LogP contribution in [0.4, 0.5) is 4.79 Å². The molecule has 0 saturated carbocycles. The van der Waals surface area contributed by atoms with E-state index in [-0.39, 0.29) is 12.5 Å². The molecule has 8 nitrogen and oxygen atoms in total. The quantitative estimate of drug-likeness (QED) is 0.607. The second-order valence-electron chi connectivity index (χ2n) is 5.53. The van der Waals surface area contributed by atoms with Gasteiger partial charge >= 0.3 is 12.0 Å². The van der Waals surface area contributed by atoms with E-state index in [9.17, 15) is 19.2 Å². The lowest BCUT2D eigenvalue weighted by Gasteiger charge is -2.40. The average Bonchev–Trinajstić information content (AvgIpc) is 2.29. The van der Waals surface area contributed by atoms with Gasteiger partial charge in [-0.05, 0) is 19.8 Å². The van der Waals surface area contributed by atoms with Crippen molar-refractivity contribution >= 4 is 23.8 Å². The standard InChI is InChI=1S/C12H19N3O5/c1-6(2)8(9(17)18)14-11(20)15-5-7(16)13-10(19)12(15,3)4/h6,8H,5H2,1-4H3,(H,14,20)(H,17,18)(H,13,16,19)/t8-/m0/s1. The third kappa shape index (κ3) is 3.06. The first-order chi connectivity index (χ1) is 9.07. The van der Waals surface area contributed by atoms with Crippen molar-refractivity contribution in [1.29, 1.82) is 0 Å². The Morgan fingerprint density at radius 1 is 1.35 bits per heavy atom. The molecule has 8 heteroatoms. The van der Waals surface area contributed by atoms with Crippen LogP contribution in [-0.4, -0.2) is 51.9 Å². The summed E-state index contributed by atoms with van der Waals surface area (Å²) >= 11 is 0. The van der Waals surface area contributed by atoms with Gasteiger partial charge in [-0.25, -0.2) is 9.59 Å². The SMILES string of the molecule is CC(C)[C@H](NC(=O)N1CC(=O)NC(=O)C1(C)C)C(=O)O. The van der Waals surface area contributed by atoms with Crippen LogP contribution in [0.15, 0.2) is 0 Å². The fourth-order valence-corrected chi connectivity index (χ4v) is 1.83. The summed E-state index contributed by atoms with van der Waals surface area (Å²) < 4.78 is 0. The molecule has 0 bridgehead atoms. The molecule has 0 spiro atoms. The van der Waals surface area contributed by atoms with Crippen LogP contribution >= 0.6 is 0 Å². The third-order valence-corrected chi connectivity index (χ3v) is 3.24. The Bertz CT molecular complexity index is 458. The van der Waals surface area contributed by atoms with Crippen LogP contribution in [0.5, 0.6) is 0 Å². The van der Waals surface area contributed by atoms with Gasteiger partial charge in [0.1, 0.15) is 18.1 Å². The van der Waals surface area contributed by atoms with Gasteiger partial charge in [-0.2, -0.15) is 0 Å². The van der Waals surface area contributed by atoms with E-state index in [0.29, 0.717) is 0 Å². The van der Waals surface area contributed by atoms with Crippen LogP contribution < -0.4 is 10.6 Å². The lowest BCUT2D eigenvalue weighted by atomic mass is 9.99. The van der Waals surface area contributed by atoms with E-state index in [4.69, 9.17) is 5.11 Å². The zero-order chi connectivity index (χ0) is 15.7. The molecule has 112 valence electrons. The molecule has 1 rings (SSSR count). The Hall–Kier alpha value is -2.12. The Balaban J connectivity index is 2.92. The van der Waals surface area contributed by atoms with Crippen molar-refractivity contribution in [3.8, 4) is 0 Å². The molecule has 0 aromatic rings. The number of aliphatic carboxylic acids is 1. The number of carboxylic acid groups (broad SMARTS) is 1. The van der Waals surface area contributed by atoms with Gasteiger partial charge in [0, 0.05) is 0 Å². The smallest absolute Gasteiger partial charge is 0.326 e. The molecule has 0 aromatic heterocycles. The molecule has 1 saturated heterocycles. The largest absolute Gasteiger partial charge is 0.480 e. The highest BCUT2D eigenvalue weighted by Crippen LogP contribution is 2.18. The topological polar surface area (TPSA) is 116 Å².